The topological polar surface area (TPSA) is 95.6 Å². The zero-order chi connectivity index (χ0) is 20.5. The van der Waals surface area contributed by atoms with E-state index < -0.39 is 10.0 Å². The third-order valence-corrected chi connectivity index (χ3v) is 6.03. The van der Waals surface area contributed by atoms with Crippen molar-refractivity contribution in [1.82, 2.24) is 0 Å². The highest BCUT2D eigenvalue weighted by Crippen LogP contribution is 2.30. The molecule has 1 aliphatic rings. The maximum atomic E-state index is 12.7. The van der Waals surface area contributed by atoms with Crippen molar-refractivity contribution in [3.8, 4) is 0 Å². The summed E-state index contributed by atoms with van der Waals surface area (Å²) in [7, 11) is -2.06. The highest BCUT2D eigenvalue weighted by atomic mass is 32.2. The molecule has 7 nitrogen and oxygen atoms in total. The quantitative estimate of drug-likeness (QED) is 0.805. The summed E-state index contributed by atoms with van der Waals surface area (Å²) in [4.78, 5) is 25.2. The smallest absolute Gasteiger partial charge is 0.261 e. The van der Waals surface area contributed by atoms with Gasteiger partial charge in [-0.2, -0.15) is 0 Å². The van der Waals surface area contributed by atoms with E-state index >= 15 is 0 Å². The highest BCUT2D eigenvalue weighted by Gasteiger charge is 2.22. The van der Waals surface area contributed by atoms with Crippen LogP contribution in [0.25, 0.3) is 0 Å². The Labute approximate surface area is 164 Å². The number of nitrogens with zero attached hydrogens (tertiary/aromatic N) is 1. The molecule has 0 fully saturated rings. The molecule has 2 aromatic carbocycles. The molecule has 0 radical (unpaired) electrons. The number of anilines is 3. The lowest BCUT2D eigenvalue weighted by Crippen LogP contribution is -2.31. The number of carbonyl (C=O) groups excluding carboxylic acids is 2. The molecule has 0 unspecified atom stereocenters. The molecule has 0 saturated heterocycles. The average Bonchev–Trinajstić information content (AvgIpc) is 2.65. The fourth-order valence-corrected chi connectivity index (χ4v) is 3.99. The molecule has 148 valence electrons. The van der Waals surface area contributed by atoms with Gasteiger partial charge in [-0.05, 0) is 54.4 Å². The van der Waals surface area contributed by atoms with Crippen LogP contribution in [0.5, 0.6) is 0 Å². The normalized spacial score (nSPS) is 14.0. The van der Waals surface area contributed by atoms with Crippen molar-refractivity contribution < 1.29 is 18.0 Å². The van der Waals surface area contributed by atoms with E-state index in [0.29, 0.717) is 24.2 Å². The number of carbonyl (C=O) groups is 2. The van der Waals surface area contributed by atoms with Crippen LogP contribution >= 0.6 is 0 Å². The molecule has 2 aromatic rings. The molecule has 2 N–H and O–H groups in total. The van der Waals surface area contributed by atoms with Gasteiger partial charge in [0.2, 0.25) is 11.8 Å². The summed E-state index contributed by atoms with van der Waals surface area (Å²) in [6, 6.07) is 11.2. The van der Waals surface area contributed by atoms with Crippen LogP contribution in [-0.2, 0) is 26.0 Å². The number of benzene rings is 2. The Morgan fingerprint density at radius 3 is 2.32 bits per heavy atom. The van der Waals surface area contributed by atoms with Crippen LogP contribution in [0.2, 0.25) is 0 Å². The molecule has 1 aliphatic heterocycles. The van der Waals surface area contributed by atoms with Crippen molar-refractivity contribution in [3.63, 3.8) is 0 Å². The van der Waals surface area contributed by atoms with E-state index in [0.717, 1.165) is 11.3 Å². The number of amides is 2. The zero-order valence-electron chi connectivity index (χ0n) is 16.0. The molecule has 2 amide bonds. The van der Waals surface area contributed by atoms with Gasteiger partial charge in [0.15, 0.2) is 0 Å². The van der Waals surface area contributed by atoms with Crippen molar-refractivity contribution in [3.05, 3.63) is 48.0 Å². The molecule has 0 spiro atoms. The summed E-state index contributed by atoms with van der Waals surface area (Å²) in [5.41, 5.74) is 2.70. The lowest BCUT2D eigenvalue weighted by Gasteiger charge is -2.26. The van der Waals surface area contributed by atoms with Crippen molar-refractivity contribution >= 4 is 38.9 Å². The van der Waals surface area contributed by atoms with Gasteiger partial charge in [0.1, 0.15) is 0 Å². The molecule has 3 rings (SSSR count). The molecule has 28 heavy (non-hydrogen) atoms. The molecule has 0 saturated carbocycles. The van der Waals surface area contributed by atoms with Gasteiger partial charge in [-0.3, -0.25) is 14.3 Å². The van der Waals surface area contributed by atoms with Crippen LogP contribution in [0.3, 0.4) is 0 Å². The summed E-state index contributed by atoms with van der Waals surface area (Å²) < 4.78 is 27.9. The van der Waals surface area contributed by atoms with Crippen molar-refractivity contribution in [2.75, 3.05) is 22.0 Å². The minimum absolute atomic E-state index is 0.0467. The van der Waals surface area contributed by atoms with Crippen molar-refractivity contribution in [2.24, 2.45) is 5.92 Å². The number of aryl methyl sites for hydroxylation is 1. The summed E-state index contributed by atoms with van der Waals surface area (Å²) in [5.74, 6) is -0.250. The Hall–Kier alpha value is -2.87. The van der Waals surface area contributed by atoms with E-state index in [4.69, 9.17) is 0 Å². The predicted octanol–water partition coefficient (Wildman–Crippen LogP) is 2.99. The van der Waals surface area contributed by atoms with Crippen LogP contribution in [0.15, 0.2) is 47.4 Å². The molecule has 0 aliphatic carbocycles. The van der Waals surface area contributed by atoms with E-state index in [1.165, 1.54) is 12.1 Å². The number of hydrogen-bond donors (Lipinski definition) is 2. The molecule has 0 bridgehead atoms. The monoisotopic (exact) mass is 401 g/mol. The first-order valence-electron chi connectivity index (χ1n) is 9.00. The SMILES string of the molecule is CC(C)C(=O)Nc1ccc(S(=O)(=O)Nc2ccc3c(c2)CCC(=O)N3C)cc1. The van der Waals surface area contributed by atoms with Crippen LogP contribution in [0.4, 0.5) is 17.1 Å². The number of fused-ring (bicyclic) bond motifs is 1. The van der Waals surface area contributed by atoms with Gasteiger partial charge < -0.3 is 10.2 Å². The highest BCUT2D eigenvalue weighted by molar-refractivity contribution is 7.92. The van der Waals surface area contributed by atoms with Gasteiger partial charge in [0.25, 0.3) is 10.0 Å². The second-order valence-electron chi connectivity index (χ2n) is 7.07. The van der Waals surface area contributed by atoms with E-state index in [2.05, 4.69) is 10.0 Å². The van der Waals surface area contributed by atoms with Crippen LogP contribution in [-0.4, -0.2) is 27.3 Å². The number of hydrogen-bond acceptors (Lipinski definition) is 4. The van der Waals surface area contributed by atoms with Crippen LogP contribution in [0, 0.1) is 5.92 Å². The van der Waals surface area contributed by atoms with E-state index in [1.54, 1.807) is 56.1 Å². The van der Waals surface area contributed by atoms with Crippen LogP contribution < -0.4 is 14.9 Å². The number of sulfonamides is 1. The first-order chi connectivity index (χ1) is 13.2. The Morgan fingerprint density at radius 1 is 1.04 bits per heavy atom. The summed E-state index contributed by atoms with van der Waals surface area (Å²) >= 11 is 0. The largest absolute Gasteiger partial charge is 0.326 e. The Kier molecular flexibility index (Phi) is 5.42. The van der Waals surface area contributed by atoms with Gasteiger partial charge in [-0.25, -0.2) is 8.42 Å². The molecule has 0 aromatic heterocycles. The molecule has 8 heteroatoms. The van der Waals surface area contributed by atoms with Gasteiger partial charge in [-0.15, -0.1) is 0 Å². The average molecular weight is 401 g/mol. The van der Waals surface area contributed by atoms with E-state index in [9.17, 15) is 18.0 Å². The van der Waals surface area contributed by atoms with Crippen molar-refractivity contribution in [2.45, 2.75) is 31.6 Å². The van der Waals surface area contributed by atoms with Gasteiger partial charge >= 0.3 is 0 Å². The lowest BCUT2D eigenvalue weighted by atomic mass is 10.0. The third kappa shape index (κ3) is 4.17. The second-order valence-corrected chi connectivity index (χ2v) is 8.75. The Bertz CT molecular complexity index is 1010. The van der Waals surface area contributed by atoms with E-state index in [1.807, 2.05) is 0 Å². The fourth-order valence-electron chi connectivity index (χ4n) is 2.94. The lowest BCUT2D eigenvalue weighted by molar-refractivity contribution is -0.119. The van der Waals surface area contributed by atoms with Gasteiger partial charge in [0, 0.05) is 36.4 Å². The van der Waals surface area contributed by atoms with E-state index in [-0.39, 0.29) is 22.6 Å². The van der Waals surface area contributed by atoms with Gasteiger partial charge in [-0.1, -0.05) is 13.8 Å². The molecular formula is C20H23N3O4S. The maximum Gasteiger partial charge on any atom is 0.261 e. The Balaban J connectivity index is 1.77. The number of nitrogens with one attached hydrogen (secondary N) is 2. The van der Waals surface area contributed by atoms with Crippen molar-refractivity contribution in [1.29, 1.82) is 0 Å². The van der Waals surface area contributed by atoms with Crippen LogP contribution in [0.1, 0.15) is 25.8 Å². The summed E-state index contributed by atoms with van der Waals surface area (Å²) in [5, 5.41) is 2.73. The Morgan fingerprint density at radius 2 is 1.68 bits per heavy atom. The minimum atomic E-state index is -3.77. The third-order valence-electron chi connectivity index (χ3n) is 4.63. The second kappa shape index (κ2) is 7.63. The first-order valence-corrected chi connectivity index (χ1v) is 10.5. The van der Waals surface area contributed by atoms with Gasteiger partial charge in [0.05, 0.1) is 4.90 Å². The predicted molar refractivity (Wildman–Crippen MR) is 109 cm³/mol. The molecule has 1 heterocycles. The first kappa shape index (κ1) is 19.9. The number of rotatable bonds is 5. The molecular weight excluding hydrogens is 378 g/mol. The zero-order valence-corrected chi connectivity index (χ0v) is 16.8. The minimum Gasteiger partial charge on any atom is -0.326 e. The summed E-state index contributed by atoms with van der Waals surface area (Å²) in [6.45, 7) is 3.56. The molecule has 0 atom stereocenters. The summed E-state index contributed by atoms with van der Waals surface area (Å²) in [6.07, 6.45) is 0.988. The maximum absolute atomic E-state index is 12.7. The fraction of sp³-hybridized carbons (Fsp3) is 0.300. The standard InChI is InChI=1S/C20H23N3O4S/c1-13(2)20(25)21-15-5-8-17(9-6-15)28(26,27)22-16-7-10-18-14(12-16)4-11-19(24)23(18)3/h5-10,12-13,22H,4,11H2,1-3H3,(H,21,25).